The molecule has 0 unspecified atom stereocenters. The van der Waals surface area contributed by atoms with Gasteiger partial charge in [0, 0.05) is 17.9 Å². The highest BCUT2D eigenvalue weighted by Gasteiger charge is 2.09. The van der Waals surface area contributed by atoms with Gasteiger partial charge < -0.3 is 16.0 Å². The first-order chi connectivity index (χ1) is 8.79. The van der Waals surface area contributed by atoms with Gasteiger partial charge in [0.05, 0.1) is 19.4 Å². The van der Waals surface area contributed by atoms with Crippen molar-refractivity contribution >= 4 is 12.3 Å². The molecule has 2 heterocycles. The summed E-state index contributed by atoms with van der Waals surface area (Å²) in [7, 11) is 0. The number of nitrogens with one attached hydrogen (secondary N) is 3. The van der Waals surface area contributed by atoms with Crippen molar-refractivity contribution in [2.24, 2.45) is 9.98 Å². The van der Waals surface area contributed by atoms with E-state index >= 15 is 0 Å². The van der Waals surface area contributed by atoms with Crippen LogP contribution >= 0.6 is 0 Å². The summed E-state index contributed by atoms with van der Waals surface area (Å²) in [6.07, 6.45) is 6.59. The number of hydrogen-bond acceptors (Lipinski definition) is 5. The molecule has 0 saturated carbocycles. The molecule has 0 radical (unpaired) electrons. The lowest BCUT2D eigenvalue weighted by atomic mass is 10.1. The largest absolute Gasteiger partial charge is 0.354 e. The molecule has 2 aliphatic rings. The molecule has 3 N–H and O–H groups in total. The van der Waals surface area contributed by atoms with Crippen LogP contribution in [0.1, 0.15) is 13.3 Å². The predicted molar refractivity (Wildman–Crippen MR) is 75.5 cm³/mol. The summed E-state index contributed by atoms with van der Waals surface area (Å²) >= 11 is 0. The van der Waals surface area contributed by atoms with Crippen LogP contribution in [0.4, 0.5) is 0 Å². The second kappa shape index (κ2) is 6.05. The summed E-state index contributed by atoms with van der Waals surface area (Å²) in [6, 6.07) is 0. The zero-order valence-corrected chi connectivity index (χ0v) is 10.7. The van der Waals surface area contributed by atoms with Gasteiger partial charge in [-0.05, 0) is 24.1 Å². The number of rotatable bonds is 2. The molecule has 0 bridgehead atoms. The number of nitrogens with zero attached hydrogens (tertiary/aromatic N) is 2. The second-order valence-electron chi connectivity index (χ2n) is 4.13. The van der Waals surface area contributed by atoms with Gasteiger partial charge in [-0.2, -0.15) is 0 Å². The van der Waals surface area contributed by atoms with Gasteiger partial charge in [-0.25, -0.2) is 0 Å². The summed E-state index contributed by atoms with van der Waals surface area (Å²) in [5, 5.41) is 9.54. The van der Waals surface area contributed by atoms with Crippen LogP contribution in [0.25, 0.3) is 0 Å². The van der Waals surface area contributed by atoms with Gasteiger partial charge in [0.1, 0.15) is 0 Å². The monoisotopic (exact) mass is 245 g/mol. The van der Waals surface area contributed by atoms with E-state index in [0.29, 0.717) is 6.54 Å². The van der Waals surface area contributed by atoms with Crippen molar-refractivity contribution in [2.75, 3.05) is 19.6 Å². The third kappa shape index (κ3) is 3.23. The summed E-state index contributed by atoms with van der Waals surface area (Å²) < 4.78 is 0. The first kappa shape index (κ1) is 12.4. The fraction of sp³-hybridized carbons (Fsp3) is 0.385. The first-order valence-corrected chi connectivity index (χ1v) is 6.18. The lowest BCUT2D eigenvalue weighted by Gasteiger charge is -2.12. The average molecular weight is 245 g/mol. The summed E-state index contributed by atoms with van der Waals surface area (Å²) in [6.45, 7) is 8.42. The molecule has 18 heavy (non-hydrogen) atoms. The van der Waals surface area contributed by atoms with E-state index in [1.807, 2.05) is 12.2 Å². The maximum absolute atomic E-state index is 4.34. The van der Waals surface area contributed by atoms with E-state index in [4.69, 9.17) is 0 Å². The Balaban J connectivity index is 2.22. The van der Waals surface area contributed by atoms with E-state index in [2.05, 4.69) is 39.4 Å². The lowest BCUT2D eigenvalue weighted by Crippen LogP contribution is -2.33. The van der Waals surface area contributed by atoms with Crippen molar-refractivity contribution in [1.82, 2.24) is 16.0 Å². The molecular weight excluding hydrogens is 226 g/mol. The SMILES string of the molecule is C=C1/C=C\C(NC2=NCCN2)=C(\CC)CN=CN1. The van der Waals surface area contributed by atoms with Crippen molar-refractivity contribution in [3.05, 3.63) is 35.7 Å². The van der Waals surface area contributed by atoms with E-state index in [1.54, 1.807) is 6.34 Å². The second-order valence-corrected chi connectivity index (χ2v) is 4.13. The third-order valence-corrected chi connectivity index (χ3v) is 2.81. The minimum Gasteiger partial charge on any atom is -0.354 e. The summed E-state index contributed by atoms with van der Waals surface area (Å²) in [5.74, 6) is 0.836. The standard InChI is InChI=1S/C13H19N5/c1-3-11-8-14-9-17-10(2)4-5-12(11)18-13-15-6-7-16-13/h4-5,9H,2-3,6-8H2,1H3,(H,14,17)(H2,15,16,18)/b5-4-,12-11+. The highest BCUT2D eigenvalue weighted by atomic mass is 15.2. The van der Waals surface area contributed by atoms with Crippen molar-refractivity contribution in [3.8, 4) is 0 Å². The number of guanidine groups is 1. The molecule has 0 amide bonds. The molecule has 0 spiro atoms. The van der Waals surface area contributed by atoms with Crippen molar-refractivity contribution in [2.45, 2.75) is 13.3 Å². The van der Waals surface area contributed by atoms with Gasteiger partial charge in [-0.3, -0.25) is 9.98 Å². The van der Waals surface area contributed by atoms with Gasteiger partial charge in [-0.1, -0.05) is 13.5 Å². The van der Waals surface area contributed by atoms with Crippen LogP contribution < -0.4 is 16.0 Å². The van der Waals surface area contributed by atoms with Crippen LogP contribution in [0.15, 0.2) is 45.7 Å². The van der Waals surface area contributed by atoms with E-state index in [0.717, 1.165) is 36.9 Å². The molecule has 2 rings (SSSR count). The van der Waals surface area contributed by atoms with Gasteiger partial charge in [-0.15, -0.1) is 0 Å². The van der Waals surface area contributed by atoms with E-state index in [1.165, 1.54) is 5.57 Å². The molecule has 5 heteroatoms. The Bertz CT molecular complexity index is 442. The first-order valence-electron chi connectivity index (χ1n) is 6.18. The molecular formula is C13H19N5. The average Bonchev–Trinajstić information content (AvgIpc) is 2.89. The highest BCUT2D eigenvalue weighted by molar-refractivity contribution is 5.83. The molecule has 0 aromatic heterocycles. The Morgan fingerprint density at radius 2 is 2.33 bits per heavy atom. The topological polar surface area (TPSA) is 60.8 Å². The van der Waals surface area contributed by atoms with Gasteiger partial charge in [0.15, 0.2) is 5.96 Å². The molecule has 0 aromatic carbocycles. The third-order valence-electron chi connectivity index (χ3n) is 2.81. The Hall–Kier alpha value is -2.04. The van der Waals surface area contributed by atoms with Crippen LogP contribution in [0.5, 0.6) is 0 Å². The normalized spacial score (nSPS) is 25.4. The quantitative estimate of drug-likeness (QED) is 0.677. The van der Waals surface area contributed by atoms with Crippen LogP contribution in [0, 0.1) is 0 Å². The number of allylic oxidation sites excluding steroid dienone is 2. The zero-order chi connectivity index (χ0) is 12.8. The van der Waals surface area contributed by atoms with Crippen LogP contribution in [0.3, 0.4) is 0 Å². The molecule has 96 valence electrons. The number of aliphatic imine (C=N–C) groups is 2. The van der Waals surface area contributed by atoms with Gasteiger partial charge in [0.2, 0.25) is 0 Å². The molecule has 0 atom stereocenters. The lowest BCUT2D eigenvalue weighted by molar-refractivity contribution is 0.921. The molecule has 0 aromatic rings. The number of hydrogen-bond donors (Lipinski definition) is 3. The van der Waals surface area contributed by atoms with Crippen molar-refractivity contribution in [3.63, 3.8) is 0 Å². The molecule has 0 saturated heterocycles. The van der Waals surface area contributed by atoms with Crippen LogP contribution in [-0.4, -0.2) is 31.9 Å². The smallest absolute Gasteiger partial charge is 0.195 e. The zero-order valence-electron chi connectivity index (χ0n) is 10.7. The predicted octanol–water partition coefficient (Wildman–Crippen LogP) is 0.901. The fourth-order valence-electron chi connectivity index (χ4n) is 1.76. The van der Waals surface area contributed by atoms with Crippen LogP contribution in [-0.2, 0) is 0 Å². The summed E-state index contributed by atoms with van der Waals surface area (Å²) in [5.41, 5.74) is 3.11. The Labute approximate surface area is 107 Å². The van der Waals surface area contributed by atoms with Gasteiger partial charge >= 0.3 is 0 Å². The maximum Gasteiger partial charge on any atom is 0.195 e. The van der Waals surface area contributed by atoms with Crippen LogP contribution in [0.2, 0.25) is 0 Å². The fourth-order valence-corrected chi connectivity index (χ4v) is 1.76. The van der Waals surface area contributed by atoms with Gasteiger partial charge in [0.25, 0.3) is 0 Å². The minimum atomic E-state index is 0.677. The maximum atomic E-state index is 4.34. The van der Waals surface area contributed by atoms with Crippen molar-refractivity contribution in [1.29, 1.82) is 0 Å². The molecule has 0 aliphatic carbocycles. The molecule has 5 nitrogen and oxygen atoms in total. The Morgan fingerprint density at radius 1 is 1.44 bits per heavy atom. The molecule has 0 fully saturated rings. The minimum absolute atomic E-state index is 0.677. The van der Waals surface area contributed by atoms with E-state index < -0.39 is 0 Å². The summed E-state index contributed by atoms with van der Waals surface area (Å²) in [4.78, 5) is 8.67. The van der Waals surface area contributed by atoms with Crippen molar-refractivity contribution < 1.29 is 0 Å². The van der Waals surface area contributed by atoms with E-state index in [-0.39, 0.29) is 0 Å². The molecule has 2 aliphatic heterocycles. The highest BCUT2D eigenvalue weighted by Crippen LogP contribution is 2.10. The Kier molecular flexibility index (Phi) is 4.17. The van der Waals surface area contributed by atoms with E-state index in [9.17, 15) is 0 Å². The Morgan fingerprint density at radius 3 is 3.06 bits per heavy atom.